The number of nitrogens with zero attached hydrogens (tertiary/aromatic N) is 2. The monoisotopic (exact) mass is 213 g/mol. The third-order valence-corrected chi connectivity index (χ3v) is 2.16. The molecule has 4 heteroatoms. The molecule has 4 nitrogen and oxygen atoms in total. The molecule has 0 aliphatic rings. The zero-order chi connectivity index (χ0) is 11.4. The number of primary amides is 1. The molecule has 2 rings (SSSR count). The summed E-state index contributed by atoms with van der Waals surface area (Å²) in [7, 11) is 0. The molecule has 0 aliphatic carbocycles. The fraction of sp³-hybridized carbons (Fsp3) is 0. The number of benzene rings is 1. The number of hydrogen-bond donors (Lipinski definition) is 1. The topological polar surface area (TPSA) is 59.2 Å². The van der Waals surface area contributed by atoms with Gasteiger partial charge >= 0.3 is 6.03 Å². The first-order valence-electron chi connectivity index (χ1n) is 4.83. The molecule has 2 N–H and O–H groups in total. The molecule has 1 aromatic carbocycles. The SMILES string of the molecule is NC(=O)N(c1ccccc1)c1ccncc1. The van der Waals surface area contributed by atoms with E-state index in [1.54, 1.807) is 24.5 Å². The highest BCUT2D eigenvalue weighted by Gasteiger charge is 2.13. The van der Waals surface area contributed by atoms with E-state index >= 15 is 0 Å². The number of carbonyl (C=O) groups is 1. The lowest BCUT2D eigenvalue weighted by molar-refractivity contribution is 0.256. The number of rotatable bonds is 2. The first kappa shape index (κ1) is 10.2. The van der Waals surface area contributed by atoms with Crippen LogP contribution in [0.5, 0.6) is 0 Å². The van der Waals surface area contributed by atoms with Crippen molar-refractivity contribution in [1.82, 2.24) is 4.98 Å². The van der Waals surface area contributed by atoms with Crippen LogP contribution in [0.1, 0.15) is 0 Å². The van der Waals surface area contributed by atoms with Crippen LogP contribution >= 0.6 is 0 Å². The van der Waals surface area contributed by atoms with Crippen molar-refractivity contribution in [3.05, 3.63) is 54.9 Å². The Morgan fingerprint density at radius 1 is 1.00 bits per heavy atom. The number of urea groups is 1. The second kappa shape index (κ2) is 4.44. The van der Waals surface area contributed by atoms with Gasteiger partial charge in [-0.3, -0.25) is 9.88 Å². The Hall–Kier alpha value is -2.36. The number of pyridine rings is 1. The Labute approximate surface area is 93.3 Å². The quantitative estimate of drug-likeness (QED) is 0.832. The summed E-state index contributed by atoms with van der Waals surface area (Å²) in [6.07, 6.45) is 3.24. The molecule has 0 unspecified atom stereocenters. The largest absolute Gasteiger partial charge is 0.351 e. The van der Waals surface area contributed by atoms with Gasteiger partial charge in [0.2, 0.25) is 0 Å². The van der Waals surface area contributed by atoms with Gasteiger partial charge in [-0.1, -0.05) is 18.2 Å². The highest BCUT2D eigenvalue weighted by atomic mass is 16.2. The fourth-order valence-corrected chi connectivity index (χ4v) is 1.47. The van der Waals surface area contributed by atoms with E-state index in [0.29, 0.717) is 5.69 Å². The molecule has 1 aromatic heterocycles. The number of aromatic nitrogens is 1. The summed E-state index contributed by atoms with van der Waals surface area (Å²) in [5.41, 5.74) is 6.81. The van der Waals surface area contributed by atoms with Crippen LogP contribution in [0.3, 0.4) is 0 Å². The highest BCUT2D eigenvalue weighted by molar-refractivity contribution is 5.98. The van der Waals surface area contributed by atoms with Crippen LogP contribution in [-0.2, 0) is 0 Å². The minimum Gasteiger partial charge on any atom is -0.351 e. The van der Waals surface area contributed by atoms with Gasteiger partial charge in [-0.15, -0.1) is 0 Å². The van der Waals surface area contributed by atoms with Gasteiger partial charge in [-0.2, -0.15) is 0 Å². The Balaban J connectivity index is 2.44. The normalized spacial score (nSPS) is 9.75. The van der Waals surface area contributed by atoms with Crippen molar-refractivity contribution in [2.24, 2.45) is 5.73 Å². The molecule has 0 saturated heterocycles. The van der Waals surface area contributed by atoms with Crippen LogP contribution < -0.4 is 10.6 Å². The maximum absolute atomic E-state index is 11.4. The van der Waals surface area contributed by atoms with E-state index in [2.05, 4.69) is 4.98 Å². The van der Waals surface area contributed by atoms with Gasteiger partial charge in [0.05, 0.1) is 11.4 Å². The average Bonchev–Trinajstić information content (AvgIpc) is 2.31. The van der Waals surface area contributed by atoms with Gasteiger partial charge in [0, 0.05) is 12.4 Å². The summed E-state index contributed by atoms with van der Waals surface area (Å²) in [6.45, 7) is 0. The number of amides is 2. The van der Waals surface area contributed by atoms with Crippen molar-refractivity contribution in [2.75, 3.05) is 4.90 Å². The molecule has 0 aliphatic heterocycles. The third-order valence-electron chi connectivity index (χ3n) is 2.16. The van der Waals surface area contributed by atoms with Gasteiger partial charge in [0.1, 0.15) is 0 Å². The predicted octanol–water partition coefficient (Wildman–Crippen LogP) is 2.30. The zero-order valence-electron chi connectivity index (χ0n) is 8.58. The summed E-state index contributed by atoms with van der Waals surface area (Å²) in [6, 6.07) is 12.2. The van der Waals surface area contributed by atoms with Crippen molar-refractivity contribution in [3.8, 4) is 0 Å². The number of nitrogens with two attached hydrogens (primary N) is 1. The standard InChI is InChI=1S/C12H11N3O/c13-12(16)15(10-4-2-1-3-5-10)11-6-8-14-9-7-11/h1-9H,(H2,13,16). The van der Waals surface area contributed by atoms with Crippen molar-refractivity contribution in [3.63, 3.8) is 0 Å². The number of para-hydroxylation sites is 1. The second-order valence-corrected chi connectivity index (χ2v) is 3.21. The lowest BCUT2D eigenvalue weighted by Crippen LogP contribution is -2.31. The molecule has 80 valence electrons. The first-order chi connectivity index (χ1) is 7.79. The summed E-state index contributed by atoms with van der Waals surface area (Å²) < 4.78 is 0. The Morgan fingerprint density at radius 2 is 1.56 bits per heavy atom. The van der Waals surface area contributed by atoms with Crippen LogP contribution in [-0.4, -0.2) is 11.0 Å². The second-order valence-electron chi connectivity index (χ2n) is 3.21. The maximum Gasteiger partial charge on any atom is 0.323 e. The van der Waals surface area contributed by atoms with Crippen LogP contribution in [0.4, 0.5) is 16.2 Å². The van der Waals surface area contributed by atoms with Gasteiger partial charge in [-0.05, 0) is 24.3 Å². The van der Waals surface area contributed by atoms with Crippen molar-refractivity contribution >= 4 is 17.4 Å². The van der Waals surface area contributed by atoms with Crippen molar-refractivity contribution in [2.45, 2.75) is 0 Å². The van der Waals surface area contributed by atoms with E-state index in [1.165, 1.54) is 4.90 Å². The van der Waals surface area contributed by atoms with Gasteiger partial charge in [0.15, 0.2) is 0 Å². The molecule has 2 aromatic rings. The predicted molar refractivity (Wildman–Crippen MR) is 62.4 cm³/mol. The molecule has 2 amide bonds. The van der Waals surface area contributed by atoms with E-state index in [1.807, 2.05) is 30.3 Å². The van der Waals surface area contributed by atoms with E-state index in [-0.39, 0.29) is 0 Å². The highest BCUT2D eigenvalue weighted by Crippen LogP contribution is 2.23. The van der Waals surface area contributed by atoms with Crippen LogP contribution in [0.25, 0.3) is 0 Å². The number of anilines is 2. The molecule has 16 heavy (non-hydrogen) atoms. The summed E-state index contributed by atoms with van der Waals surface area (Å²) in [4.78, 5) is 16.8. The van der Waals surface area contributed by atoms with E-state index < -0.39 is 6.03 Å². The maximum atomic E-state index is 11.4. The Kier molecular flexibility index (Phi) is 2.82. The first-order valence-corrected chi connectivity index (χ1v) is 4.83. The van der Waals surface area contributed by atoms with Crippen LogP contribution in [0, 0.1) is 0 Å². The summed E-state index contributed by atoms with van der Waals surface area (Å²) in [5, 5.41) is 0. The molecule has 0 atom stereocenters. The van der Waals surface area contributed by atoms with Gasteiger partial charge in [-0.25, -0.2) is 4.79 Å². The lowest BCUT2D eigenvalue weighted by atomic mass is 10.2. The minimum atomic E-state index is -0.516. The van der Waals surface area contributed by atoms with Crippen molar-refractivity contribution in [1.29, 1.82) is 0 Å². The lowest BCUT2D eigenvalue weighted by Gasteiger charge is -2.20. The molecule has 0 bridgehead atoms. The molecule has 0 fully saturated rings. The van der Waals surface area contributed by atoms with Gasteiger partial charge < -0.3 is 5.73 Å². The molecule has 0 saturated carbocycles. The zero-order valence-corrected chi connectivity index (χ0v) is 8.58. The number of hydrogen-bond acceptors (Lipinski definition) is 2. The van der Waals surface area contributed by atoms with E-state index in [9.17, 15) is 4.79 Å². The fourth-order valence-electron chi connectivity index (χ4n) is 1.47. The molecule has 1 heterocycles. The minimum absolute atomic E-state index is 0.516. The van der Waals surface area contributed by atoms with E-state index in [0.717, 1.165) is 5.69 Å². The smallest absolute Gasteiger partial charge is 0.323 e. The van der Waals surface area contributed by atoms with Crippen molar-refractivity contribution < 1.29 is 4.79 Å². The Bertz CT molecular complexity index is 431. The third kappa shape index (κ3) is 2.00. The van der Waals surface area contributed by atoms with E-state index in [4.69, 9.17) is 5.73 Å². The molecular weight excluding hydrogens is 202 g/mol. The number of carbonyl (C=O) groups excluding carboxylic acids is 1. The van der Waals surface area contributed by atoms with Crippen LogP contribution in [0.2, 0.25) is 0 Å². The molecule has 0 spiro atoms. The van der Waals surface area contributed by atoms with Gasteiger partial charge in [0.25, 0.3) is 0 Å². The van der Waals surface area contributed by atoms with Crippen LogP contribution in [0.15, 0.2) is 54.9 Å². The summed E-state index contributed by atoms with van der Waals surface area (Å²) >= 11 is 0. The Morgan fingerprint density at radius 3 is 2.12 bits per heavy atom. The average molecular weight is 213 g/mol. The molecular formula is C12H11N3O. The molecule has 0 radical (unpaired) electrons. The summed E-state index contributed by atoms with van der Waals surface area (Å²) in [5.74, 6) is 0.